The van der Waals surface area contributed by atoms with E-state index in [4.69, 9.17) is 14.2 Å². The van der Waals surface area contributed by atoms with Gasteiger partial charge in [-0.25, -0.2) is 0 Å². The van der Waals surface area contributed by atoms with E-state index in [9.17, 15) is 14.4 Å². The molecule has 296 valence electrons. The first kappa shape index (κ1) is 41.3. The van der Waals surface area contributed by atoms with Crippen LogP contribution in [0.4, 0.5) is 0 Å². The fraction of sp³-hybridized carbons (Fsp3) is 0.891. The van der Waals surface area contributed by atoms with Crippen LogP contribution in [0.25, 0.3) is 0 Å². The Hall–Kier alpha value is -1.85. The number of rotatable bonds is 0. The van der Waals surface area contributed by atoms with Crippen molar-refractivity contribution in [2.24, 2.45) is 46.3 Å². The molecule has 0 radical (unpaired) electrons. The van der Waals surface area contributed by atoms with E-state index in [1.165, 1.54) is 96.3 Å². The fourth-order valence-corrected chi connectivity index (χ4v) is 12.3. The van der Waals surface area contributed by atoms with Crippen molar-refractivity contribution in [1.82, 2.24) is 0 Å². The van der Waals surface area contributed by atoms with Gasteiger partial charge in [0.25, 0.3) is 0 Å². The van der Waals surface area contributed by atoms with Crippen molar-refractivity contribution in [2.75, 3.05) is 13.2 Å². The molecule has 0 spiro atoms. The minimum absolute atomic E-state index is 0.0416. The monoisotopic (exact) mass is 725 g/mol. The summed E-state index contributed by atoms with van der Waals surface area (Å²) < 4.78 is 17.0. The van der Waals surface area contributed by atoms with Crippen molar-refractivity contribution >= 4 is 17.9 Å². The van der Waals surface area contributed by atoms with Crippen LogP contribution in [-0.2, 0) is 28.6 Å². The molecule has 6 nitrogen and oxygen atoms in total. The quantitative estimate of drug-likeness (QED) is 0.141. The zero-order valence-electron chi connectivity index (χ0n) is 33.7. The summed E-state index contributed by atoms with van der Waals surface area (Å²) in [7, 11) is 0. The molecule has 2 heterocycles. The lowest BCUT2D eigenvalue weighted by Gasteiger charge is -2.61. The largest absolute Gasteiger partial charge is 0.462 e. The predicted octanol–water partition coefficient (Wildman–Crippen LogP) is 11.9. The van der Waals surface area contributed by atoms with E-state index in [2.05, 4.69) is 32.9 Å². The lowest BCUT2D eigenvalue weighted by Crippen LogP contribution is -2.54. The third-order valence-electron chi connectivity index (χ3n) is 15.3. The first-order valence-corrected chi connectivity index (χ1v) is 22.4. The number of hydrogen-bond acceptors (Lipinski definition) is 6. The maximum atomic E-state index is 12.9. The molecule has 0 aromatic heterocycles. The Kier molecular flexibility index (Phi) is 16.5. The van der Waals surface area contributed by atoms with Crippen molar-refractivity contribution in [2.45, 2.75) is 200 Å². The van der Waals surface area contributed by atoms with Gasteiger partial charge in [-0.05, 0) is 149 Å². The first-order valence-electron chi connectivity index (χ1n) is 22.4. The standard InChI is InChI=1S/C46H76O6/c1-35-22-27-43(48)51-33-32-50-42(47)20-18-16-14-12-10-8-6-4-5-7-9-11-13-15-17-19-21-44(49)52-37-28-30-45(2)36(34-37)23-24-38-40-26-25-39(35)46(40,3)31-29-41(38)45/h4-5,35-41H,6-34H2,1-3H3/t35-,36?,37-,38+,39-,40+,41+,45+,46-/m1/s1. The van der Waals surface area contributed by atoms with Crippen molar-refractivity contribution < 1.29 is 28.6 Å². The number of hydrogen-bond donors (Lipinski definition) is 0. The van der Waals surface area contributed by atoms with Crippen LogP contribution in [0, 0.1) is 46.3 Å². The summed E-state index contributed by atoms with van der Waals surface area (Å²) in [6, 6.07) is 0. The minimum Gasteiger partial charge on any atom is -0.462 e. The van der Waals surface area contributed by atoms with Crippen LogP contribution in [0.1, 0.15) is 194 Å². The summed E-state index contributed by atoms with van der Waals surface area (Å²) >= 11 is 0. The molecule has 5 bridgehead atoms. The van der Waals surface area contributed by atoms with Crippen molar-refractivity contribution in [3.63, 3.8) is 0 Å². The van der Waals surface area contributed by atoms with Gasteiger partial charge in [-0.1, -0.05) is 84.3 Å². The van der Waals surface area contributed by atoms with Gasteiger partial charge in [-0.2, -0.15) is 0 Å². The molecule has 2 aliphatic heterocycles. The molecule has 6 rings (SSSR count). The van der Waals surface area contributed by atoms with Gasteiger partial charge in [0.1, 0.15) is 19.3 Å². The van der Waals surface area contributed by atoms with Gasteiger partial charge in [0, 0.05) is 19.3 Å². The van der Waals surface area contributed by atoms with Crippen molar-refractivity contribution in [3.8, 4) is 0 Å². The van der Waals surface area contributed by atoms with E-state index in [1.54, 1.807) is 0 Å². The molecule has 0 amide bonds. The predicted molar refractivity (Wildman–Crippen MR) is 208 cm³/mol. The summed E-state index contributed by atoms with van der Waals surface area (Å²) in [6.07, 6.45) is 34.6. The highest BCUT2D eigenvalue weighted by Crippen LogP contribution is 2.68. The Morgan fingerprint density at radius 2 is 1.08 bits per heavy atom. The van der Waals surface area contributed by atoms with Gasteiger partial charge in [0.2, 0.25) is 0 Å². The first-order chi connectivity index (χ1) is 25.2. The van der Waals surface area contributed by atoms with Crippen molar-refractivity contribution in [3.05, 3.63) is 12.2 Å². The van der Waals surface area contributed by atoms with Crippen LogP contribution in [0.2, 0.25) is 0 Å². The summed E-state index contributed by atoms with van der Waals surface area (Å²) in [5.41, 5.74) is 0.735. The highest BCUT2D eigenvalue weighted by Gasteiger charge is 2.60. The smallest absolute Gasteiger partial charge is 0.306 e. The second-order valence-corrected chi connectivity index (χ2v) is 18.5. The van der Waals surface area contributed by atoms with E-state index in [-0.39, 0.29) is 37.2 Å². The van der Waals surface area contributed by atoms with Crippen molar-refractivity contribution in [1.29, 1.82) is 0 Å². The fourth-order valence-electron chi connectivity index (χ4n) is 12.3. The van der Waals surface area contributed by atoms with E-state index in [1.807, 2.05) is 0 Å². The molecule has 6 aliphatic rings. The summed E-state index contributed by atoms with van der Waals surface area (Å²) in [5, 5.41) is 0. The van der Waals surface area contributed by atoms with Crippen LogP contribution in [-0.4, -0.2) is 37.2 Å². The third-order valence-corrected chi connectivity index (χ3v) is 15.3. The van der Waals surface area contributed by atoms with E-state index in [0.29, 0.717) is 47.8 Å². The normalized spacial score (nSPS) is 39.2. The lowest BCUT2D eigenvalue weighted by molar-refractivity contribution is -0.163. The molecule has 52 heavy (non-hydrogen) atoms. The molecule has 4 fully saturated rings. The number of carbonyl (C=O) groups excluding carboxylic acids is 3. The number of carbonyl (C=O) groups is 3. The number of fused-ring (bicyclic) bond motifs is 29. The Balaban J connectivity index is 1.10. The summed E-state index contributed by atoms with van der Waals surface area (Å²) in [6.45, 7) is 7.88. The molecular formula is C46H76O6. The van der Waals surface area contributed by atoms with Crippen LogP contribution in [0.3, 0.4) is 0 Å². The Morgan fingerprint density at radius 3 is 1.75 bits per heavy atom. The summed E-state index contributed by atoms with van der Waals surface area (Å²) in [5.74, 6) is 3.93. The number of esters is 3. The maximum absolute atomic E-state index is 12.9. The highest BCUT2D eigenvalue weighted by molar-refractivity contribution is 5.70. The third kappa shape index (κ3) is 11.3. The van der Waals surface area contributed by atoms with E-state index >= 15 is 0 Å². The number of allylic oxidation sites excluding steroid dienone is 2. The molecule has 0 saturated heterocycles. The average molecular weight is 725 g/mol. The van der Waals surface area contributed by atoms with E-state index in [0.717, 1.165) is 75.5 Å². The molecule has 0 aromatic carbocycles. The second kappa shape index (κ2) is 20.7. The lowest BCUT2D eigenvalue weighted by atomic mass is 9.44. The zero-order chi connectivity index (χ0) is 36.8. The van der Waals surface area contributed by atoms with Gasteiger partial charge in [0.05, 0.1) is 0 Å². The molecule has 1 unspecified atom stereocenters. The van der Waals surface area contributed by atoms with Gasteiger partial charge < -0.3 is 14.2 Å². The SMILES string of the molecule is C[C@@H]1CCC(=O)OCCOC(=O)CCCCCCCCC=CCCCCCCCCC(=O)O[C@@H]2CC[C@@]3(C)C(CC[C@H]4[C@@H]5CC[C@H]1[C@@]5(C)CC[C@@H]43)C2. The molecular weight excluding hydrogens is 649 g/mol. The summed E-state index contributed by atoms with van der Waals surface area (Å²) in [4.78, 5) is 37.7. The minimum atomic E-state index is -0.177. The highest BCUT2D eigenvalue weighted by atomic mass is 16.6. The topological polar surface area (TPSA) is 78.9 Å². The van der Waals surface area contributed by atoms with Crippen LogP contribution in [0.15, 0.2) is 12.2 Å². The molecule has 4 saturated carbocycles. The Morgan fingerprint density at radius 1 is 0.538 bits per heavy atom. The van der Waals surface area contributed by atoms with Gasteiger partial charge in [0.15, 0.2) is 0 Å². The van der Waals surface area contributed by atoms with Crippen LogP contribution in [0.5, 0.6) is 0 Å². The Bertz CT molecular complexity index is 1150. The number of ether oxygens (including phenoxy) is 3. The van der Waals surface area contributed by atoms with Gasteiger partial charge >= 0.3 is 17.9 Å². The van der Waals surface area contributed by atoms with Crippen LogP contribution >= 0.6 is 0 Å². The maximum Gasteiger partial charge on any atom is 0.306 e. The molecule has 6 heteroatoms. The van der Waals surface area contributed by atoms with Gasteiger partial charge in [-0.3, -0.25) is 14.4 Å². The molecule has 0 aromatic rings. The zero-order valence-corrected chi connectivity index (χ0v) is 33.7. The van der Waals surface area contributed by atoms with Crippen LogP contribution < -0.4 is 0 Å². The molecule has 9 atom stereocenters. The molecule has 4 aliphatic carbocycles. The van der Waals surface area contributed by atoms with Gasteiger partial charge in [-0.15, -0.1) is 0 Å². The second-order valence-electron chi connectivity index (χ2n) is 18.5. The Labute approximate surface area is 317 Å². The average Bonchev–Trinajstić information content (AvgIpc) is 3.49. The van der Waals surface area contributed by atoms with E-state index < -0.39 is 0 Å². The molecule has 0 N–H and O–H groups in total.